The molecule has 25 heavy (non-hydrogen) atoms. The zero-order chi connectivity index (χ0) is 17.6. The maximum Gasteiger partial charge on any atom is 0.319 e. The van der Waals surface area contributed by atoms with Crippen molar-refractivity contribution in [1.82, 2.24) is 10.6 Å². The van der Waals surface area contributed by atoms with Crippen molar-refractivity contribution in [2.24, 2.45) is 5.73 Å². The quantitative estimate of drug-likeness (QED) is 0.651. The summed E-state index contributed by atoms with van der Waals surface area (Å²) in [5.41, 5.74) is 8.11. The Kier molecular flexibility index (Phi) is 5.30. The normalized spacial score (nSPS) is 14.4. The van der Waals surface area contributed by atoms with E-state index in [9.17, 15) is 9.59 Å². The minimum absolute atomic E-state index is 0.224. The summed E-state index contributed by atoms with van der Waals surface area (Å²) in [7, 11) is 0. The second-order valence-corrected chi connectivity index (χ2v) is 6.18. The Morgan fingerprint density at radius 2 is 1.84 bits per heavy atom. The zero-order valence-corrected chi connectivity index (χ0v) is 13.9. The van der Waals surface area contributed by atoms with Crippen molar-refractivity contribution in [1.29, 1.82) is 0 Å². The van der Waals surface area contributed by atoms with Gasteiger partial charge in [0.05, 0.1) is 0 Å². The topological polar surface area (TPSA) is 96.2 Å². The van der Waals surface area contributed by atoms with Crippen LogP contribution in [0.1, 0.15) is 34.8 Å². The molecule has 0 radical (unpaired) electrons. The van der Waals surface area contributed by atoms with Crippen LogP contribution in [0.15, 0.2) is 54.6 Å². The summed E-state index contributed by atoms with van der Waals surface area (Å²) in [6.45, 7) is 0.336. The molecule has 0 saturated heterocycles. The fourth-order valence-corrected chi connectivity index (χ4v) is 2.44. The van der Waals surface area contributed by atoms with E-state index in [1.165, 1.54) is 0 Å². The van der Waals surface area contributed by atoms with E-state index in [4.69, 9.17) is 5.73 Å². The minimum atomic E-state index is -0.268. The Morgan fingerprint density at radius 3 is 2.56 bits per heavy atom. The minimum Gasteiger partial charge on any atom is -0.350 e. The van der Waals surface area contributed by atoms with E-state index in [0.29, 0.717) is 17.8 Å². The van der Waals surface area contributed by atoms with Gasteiger partial charge in [-0.3, -0.25) is 4.79 Å². The molecule has 1 saturated carbocycles. The Labute approximate surface area is 146 Å². The molecule has 3 amide bonds. The maximum absolute atomic E-state index is 12.3. The molecule has 0 aliphatic heterocycles. The highest BCUT2D eigenvalue weighted by Gasteiger charge is 2.23. The number of hydrogen-bond acceptors (Lipinski definition) is 3. The van der Waals surface area contributed by atoms with Gasteiger partial charge in [-0.15, -0.1) is 0 Å². The lowest BCUT2D eigenvalue weighted by Gasteiger charge is -2.13. The third-order valence-corrected chi connectivity index (χ3v) is 4.01. The molecule has 6 heteroatoms. The first-order valence-electron chi connectivity index (χ1n) is 8.38. The van der Waals surface area contributed by atoms with Crippen molar-refractivity contribution < 1.29 is 9.59 Å². The van der Waals surface area contributed by atoms with Gasteiger partial charge >= 0.3 is 6.03 Å². The molecule has 1 fully saturated rings. The predicted octanol–water partition coefficient (Wildman–Crippen LogP) is 2.40. The van der Waals surface area contributed by atoms with Crippen LogP contribution in [0, 0.1) is 0 Å². The average Bonchev–Trinajstić information content (AvgIpc) is 3.44. The van der Waals surface area contributed by atoms with Gasteiger partial charge in [0.2, 0.25) is 0 Å². The van der Waals surface area contributed by atoms with Crippen LogP contribution in [0.4, 0.5) is 10.5 Å². The second-order valence-electron chi connectivity index (χ2n) is 6.18. The third-order valence-electron chi connectivity index (χ3n) is 4.01. The lowest BCUT2D eigenvalue weighted by Crippen LogP contribution is -2.32. The predicted molar refractivity (Wildman–Crippen MR) is 97.3 cm³/mol. The second kappa shape index (κ2) is 7.81. The number of carbonyl (C=O) groups is 2. The van der Waals surface area contributed by atoms with Crippen molar-refractivity contribution in [2.75, 3.05) is 11.9 Å². The number of hydrogen-bond donors (Lipinski definition) is 4. The molecule has 1 aliphatic rings. The molecule has 5 N–H and O–H groups in total. The number of urea groups is 1. The zero-order valence-electron chi connectivity index (χ0n) is 13.9. The number of carbonyl (C=O) groups excluding carboxylic acids is 2. The maximum atomic E-state index is 12.3. The Hall–Kier alpha value is -2.86. The van der Waals surface area contributed by atoms with Crippen molar-refractivity contribution >= 4 is 17.6 Å². The molecule has 1 unspecified atom stereocenters. The van der Waals surface area contributed by atoms with E-state index in [1.54, 1.807) is 24.3 Å². The van der Waals surface area contributed by atoms with E-state index in [0.717, 1.165) is 18.4 Å². The Morgan fingerprint density at radius 1 is 1.08 bits per heavy atom. The van der Waals surface area contributed by atoms with Gasteiger partial charge in [-0.05, 0) is 36.6 Å². The van der Waals surface area contributed by atoms with Crippen LogP contribution < -0.4 is 21.7 Å². The summed E-state index contributed by atoms with van der Waals surface area (Å²) in [4.78, 5) is 24.1. The van der Waals surface area contributed by atoms with Crippen LogP contribution in [-0.4, -0.2) is 24.5 Å². The molecule has 1 aliphatic carbocycles. The van der Waals surface area contributed by atoms with E-state index in [-0.39, 0.29) is 24.0 Å². The van der Waals surface area contributed by atoms with Gasteiger partial charge in [0.1, 0.15) is 0 Å². The van der Waals surface area contributed by atoms with Gasteiger partial charge in [-0.1, -0.05) is 36.4 Å². The van der Waals surface area contributed by atoms with E-state index < -0.39 is 0 Å². The monoisotopic (exact) mass is 338 g/mol. The Balaban J connectivity index is 1.54. The number of nitrogens with one attached hydrogen (secondary N) is 3. The number of nitrogens with two attached hydrogens (primary N) is 1. The molecule has 3 rings (SSSR count). The molecule has 0 heterocycles. The molecule has 0 bridgehead atoms. The van der Waals surface area contributed by atoms with Crippen molar-refractivity contribution in [3.63, 3.8) is 0 Å². The first-order valence-corrected chi connectivity index (χ1v) is 8.38. The lowest BCUT2D eigenvalue weighted by molar-refractivity contribution is 0.0951. The largest absolute Gasteiger partial charge is 0.350 e. The highest BCUT2D eigenvalue weighted by molar-refractivity contribution is 5.97. The smallest absolute Gasteiger partial charge is 0.319 e. The van der Waals surface area contributed by atoms with E-state index in [1.807, 2.05) is 30.3 Å². The van der Waals surface area contributed by atoms with Gasteiger partial charge in [-0.2, -0.15) is 0 Å². The van der Waals surface area contributed by atoms with Crippen LogP contribution in [0.5, 0.6) is 0 Å². The van der Waals surface area contributed by atoms with E-state index >= 15 is 0 Å². The molecule has 130 valence electrons. The Bertz CT molecular complexity index is 744. The molecular formula is C19H22N4O2. The van der Waals surface area contributed by atoms with Crippen molar-refractivity contribution in [3.05, 3.63) is 65.7 Å². The first kappa shape index (κ1) is 17.0. The van der Waals surface area contributed by atoms with Crippen LogP contribution in [0.3, 0.4) is 0 Å². The highest BCUT2D eigenvalue weighted by Crippen LogP contribution is 2.19. The highest BCUT2D eigenvalue weighted by atomic mass is 16.2. The molecule has 0 spiro atoms. The summed E-state index contributed by atoms with van der Waals surface area (Å²) >= 11 is 0. The lowest BCUT2D eigenvalue weighted by atomic mass is 10.1. The van der Waals surface area contributed by atoms with Crippen molar-refractivity contribution in [3.8, 4) is 0 Å². The number of benzene rings is 2. The third kappa shape index (κ3) is 5.06. The van der Waals surface area contributed by atoms with Gasteiger partial charge in [0.15, 0.2) is 0 Å². The first-order chi connectivity index (χ1) is 12.1. The molecule has 2 aromatic carbocycles. The molecule has 0 aromatic heterocycles. The number of rotatable bonds is 6. The SMILES string of the molecule is NC(CNC(=O)c1cccc(NC(=O)NC2CC2)c1)c1ccccc1. The average molecular weight is 338 g/mol. The summed E-state index contributed by atoms with van der Waals surface area (Å²) in [6.07, 6.45) is 2.05. The summed E-state index contributed by atoms with van der Waals surface area (Å²) in [6, 6.07) is 16.2. The van der Waals surface area contributed by atoms with Gasteiger partial charge < -0.3 is 21.7 Å². The number of amides is 3. The summed E-state index contributed by atoms with van der Waals surface area (Å²) in [5, 5.41) is 8.41. The van der Waals surface area contributed by atoms with E-state index in [2.05, 4.69) is 16.0 Å². The summed E-state index contributed by atoms with van der Waals surface area (Å²) < 4.78 is 0. The molecule has 1 atom stereocenters. The van der Waals surface area contributed by atoms with Crippen molar-refractivity contribution in [2.45, 2.75) is 24.9 Å². The molecular weight excluding hydrogens is 316 g/mol. The van der Waals surface area contributed by atoms with Gasteiger partial charge in [0, 0.05) is 29.9 Å². The number of anilines is 1. The van der Waals surface area contributed by atoms with Crippen LogP contribution >= 0.6 is 0 Å². The molecule has 2 aromatic rings. The fourth-order valence-electron chi connectivity index (χ4n) is 2.44. The van der Waals surface area contributed by atoms with Crippen LogP contribution in [0.2, 0.25) is 0 Å². The van der Waals surface area contributed by atoms with Crippen LogP contribution in [-0.2, 0) is 0 Å². The fraction of sp³-hybridized carbons (Fsp3) is 0.263. The standard InChI is InChI=1S/C19H22N4O2/c20-17(13-5-2-1-3-6-13)12-21-18(24)14-7-4-8-16(11-14)23-19(25)22-15-9-10-15/h1-8,11,15,17H,9-10,12,20H2,(H,21,24)(H2,22,23,25). The van der Waals surface area contributed by atoms with Gasteiger partial charge in [0.25, 0.3) is 5.91 Å². The molecule has 6 nitrogen and oxygen atoms in total. The van der Waals surface area contributed by atoms with Crippen LogP contribution in [0.25, 0.3) is 0 Å². The summed E-state index contributed by atoms with van der Waals surface area (Å²) in [5.74, 6) is -0.224. The van der Waals surface area contributed by atoms with Gasteiger partial charge in [-0.25, -0.2) is 4.79 Å².